The van der Waals surface area contributed by atoms with Crippen molar-refractivity contribution in [2.24, 2.45) is 0 Å². The number of benzene rings is 3. The largest absolute Gasteiger partial charge is 0.508 e. The van der Waals surface area contributed by atoms with Crippen LogP contribution in [0.1, 0.15) is 40.5 Å². The smallest absolute Gasteiger partial charge is 0.119 e. The summed E-state index contributed by atoms with van der Waals surface area (Å²) in [6.45, 7) is 8.50. The molecule has 0 amide bonds. The van der Waals surface area contributed by atoms with Crippen LogP contribution < -0.4 is 0 Å². The summed E-state index contributed by atoms with van der Waals surface area (Å²) >= 11 is 0. The van der Waals surface area contributed by atoms with Crippen molar-refractivity contribution >= 4 is 0 Å². The first-order chi connectivity index (χ1) is 14.2. The first-order valence-corrected chi connectivity index (χ1v) is 9.63. The molecule has 0 unspecified atom stereocenters. The average Bonchev–Trinajstić information content (AvgIpc) is 2.63. The summed E-state index contributed by atoms with van der Waals surface area (Å²) < 4.78 is 0. The quantitative estimate of drug-likeness (QED) is 0.261. The van der Waals surface area contributed by atoms with E-state index in [0.29, 0.717) is 0 Å². The maximum Gasteiger partial charge on any atom is 0.119 e. The topological polar surface area (TPSA) is 121 Å². The van der Waals surface area contributed by atoms with Gasteiger partial charge >= 0.3 is 0 Å². The molecule has 0 saturated carbocycles. The molecule has 0 heterocycles. The Labute approximate surface area is 179 Å². The summed E-state index contributed by atoms with van der Waals surface area (Å²) in [7, 11) is 0. The van der Waals surface area contributed by atoms with E-state index in [-0.39, 0.29) is 34.5 Å². The van der Waals surface area contributed by atoms with E-state index in [2.05, 4.69) is 27.7 Å². The van der Waals surface area contributed by atoms with Crippen LogP contribution in [0.5, 0.6) is 34.5 Å². The summed E-state index contributed by atoms with van der Waals surface area (Å²) in [6, 6.07) is 17.6. The van der Waals surface area contributed by atoms with Crippen LogP contribution in [0.25, 0.3) is 0 Å². The lowest BCUT2D eigenvalue weighted by Gasteiger charge is -1.89. The van der Waals surface area contributed by atoms with Gasteiger partial charge in [0.1, 0.15) is 34.5 Å². The van der Waals surface area contributed by atoms with Gasteiger partial charge in [0, 0.05) is 18.2 Å². The Hall–Kier alpha value is -3.54. The van der Waals surface area contributed by atoms with Gasteiger partial charge in [-0.3, -0.25) is 0 Å². The van der Waals surface area contributed by atoms with Gasteiger partial charge in [-0.15, -0.1) is 0 Å². The summed E-state index contributed by atoms with van der Waals surface area (Å²) in [5, 5.41) is 51.9. The first-order valence-electron chi connectivity index (χ1n) is 9.63. The SMILES string of the molecule is CCC.CCC.Oc1cccc(O)c1.Oc1cccc(O)c1.Oc1cccc(O)c1. The first kappa shape index (κ1) is 28.7. The molecular weight excluding hydrogens is 384 g/mol. The molecule has 0 aliphatic carbocycles. The zero-order chi connectivity index (χ0) is 23.4. The molecule has 0 radical (unpaired) electrons. The number of hydrogen-bond acceptors (Lipinski definition) is 6. The highest BCUT2D eigenvalue weighted by molar-refractivity contribution is 5.31. The predicted molar refractivity (Wildman–Crippen MR) is 121 cm³/mol. The zero-order valence-electron chi connectivity index (χ0n) is 18.0. The molecule has 3 aromatic rings. The molecule has 30 heavy (non-hydrogen) atoms. The Morgan fingerprint density at radius 2 is 0.533 bits per heavy atom. The van der Waals surface area contributed by atoms with Crippen molar-refractivity contribution < 1.29 is 30.6 Å². The fourth-order valence-corrected chi connectivity index (χ4v) is 1.48. The van der Waals surface area contributed by atoms with Crippen molar-refractivity contribution in [3.8, 4) is 34.5 Å². The maximum absolute atomic E-state index is 8.65. The second-order valence-corrected chi connectivity index (χ2v) is 5.97. The summed E-state index contributed by atoms with van der Waals surface area (Å²) in [5.74, 6) is 0.528. The van der Waals surface area contributed by atoms with Gasteiger partial charge in [0.15, 0.2) is 0 Å². The molecule has 0 fully saturated rings. The van der Waals surface area contributed by atoms with E-state index in [1.165, 1.54) is 67.4 Å². The Balaban J connectivity index is 0. The lowest BCUT2D eigenvalue weighted by atomic mass is 10.3. The summed E-state index contributed by atoms with van der Waals surface area (Å²) in [4.78, 5) is 0. The van der Waals surface area contributed by atoms with Crippen molar-refractivity contribution in [2.75, 3.05) is 0 Å². The molecule has 0 bridgehead atoms. The van der Waals surface area contributed by atoms with Crippen molar-refractivity contribution in [2.45, 2.75) is 40.5 Å². The number of aromatic hydroxyl groups is 6. The fraction of sp³-hybridized carbons (Fsp3) is 0.250. The normalized spacial score (nSPS) is 8.40. The Kier molecular flexibility index (Phi) is 18.0. The van der Waals surface area contributed by atoms with Gasteiger partial charge in [-0.1, -0.05) is 58.7 Å². The van der Waals surface area contributed by atoms with Gasteiger partial charge in [0.25, 0.3) is 0 Å². The molecule has 6 nitrogen and oxygen atoms in total. The van der Waals surface area contributed by atoms with Gasteiger partial charge in [0.2, 0.25) is 0 Å². The van der Waals surface area contributed by atoms with Crippen molar-refractivity contribution in [1.82, 2.24) is 0 Å². The number of hydrogen-bond donors (Lipinski definition) is 6. The van der Waals surface area contributed by atoms with E-state index in [1.54, 1.807) is 18.2 Å². The van der Waals surface area contributed by atoms with E-state index in [9.17, 15) is 0 Å². The molecule has 6 N–H and O–H groups in total. The van der Waals surface area contributed by atoms with E-state index in [1.807, 2.05) is 0 Å². The number of rotatable bonds is 0. The van der Waals surface area contributed by atoms with Crippen LogP contribution in [0, 0.1) is 0 Å². The molecule has 0 aromatic heterocycles. The summed E-state index contributed by atoms with van der Waals surface area (Å²) in [5.41, 5.74) is 0. The monoisotopic (exact) mass is 418 g/mol. The Morgan fingerprint density at radius 1 is 0.400 bits per heavy atom. The molecule has 0 aliphatic heterocycles. The standard InChI is InChI=1S/3C6H6O2.2C3H8/c3*7-5-2-1-3-6(8)4-5;2*1-3-2/h3*1-4,7-8H;2*3H2,1-2H3. The van der Waals surface area contributed by atoms with Crippen molar-refractivity contribution in [1.29, 1.82) is 0 Å². The third-order valence-corrected chi connectivity index (χ3v) is 2.49. The van der Waals surface area contributed by atoms with Gasteiger partial charge in [-0.25, -0.2) is 0 Å². The highest BCUT2D eigenvalue weighted by Crippen LogP contribution is 2.16. The molecule has 166 valence electrons. The molecule has 3 aromatic carbocycles. The van der Waals surface area contributed by atoms with Gasteiger partial charge in [0.05, 0.1) is 0 Å². The van der Waals surface area contributed by atoms with E-state index in [0.717, 1.165) is 0 Å². The van der Waals surface area contributed by atoms with Crippen LogP contribution in [-0.4, -0.2) is 30.6 Å². The lowest BCUT2D eigenvalue weighted by Crippen LogP contribution is -1.61. The second-order valence-electron chi connectivity index (χ2n) is 5.97. The van der Waals surface area contributed by atoms with Gasteiger partial charge < -0.3 is 30.6 Å². The predicted octanol–water partition coefficient (Wildman–Crippen LogP) is 6.13. The molecule has 6 heteroatoms. The van der Waals surface area contributed by atoms with Crippen LogP contribution in [0.15, 0.2) is 72.8 Å². The van der Waals surface area contributed by atoms with Gasteiger partial charge in [-0.2, -0.15) is 0 Å². The summed E-state index contributed by atoms with van der Waals surface area (Å²) in [6.07, 6.45) is 2.50. The van der Waals surface area contributed by atoms with Crippen molar-refractivity contribution in [3.05, 3.63) is 72.8 Å². The van der Waals surface area contributed by atoms with Crippen molar-refractivity contribution in [3.63, 3.8) is 0 Å². The Bertz CT molecular complexity index is 633. The molecule has 3 rings (SSSR count). The average molecular weight is 419 g/mol. The molecular formula is C24H34O6. The highest BCUT2D eigenvalue weighted by Gasteiger charge is 1.87. The van der Waals surface area contributed by atoms with Crippen LogP contribution in [0.4, 0.5) is 0 Å². The third-order valence-electron chi connectivity index (χ3n) is 2.49. The number of phenolic OH excluding ortho intramolecular Hbond substituents is 6. The van der Waals surface area contributed by atoms with E-state index < -0.39 is 0 Å². The van der Waals surface area contributed by atoms with Crippen LogP contribution in [0.3, 0.4) is 0 Å². The highest BCUT2D eigenvalue weighted by atomic mass is 16.3. The number of phenols is 6. The van der Waals surface area contributed by atoms with Crippen LogP contribution in [0.2, 0.25) is 0 Å². The molecule has 0 spiro atoms. The van der Waals surface area contributed by atoms with Crippen LogP contribution in [-0.2, 0) is 0 Å². The fourth-order valence-electron chi connectivity index (χ4n) is 1.48. The van der Waals surface area contributed by atoms with Crippen LogP contribution >= 0.6 is 0 Å². The maximum atomic E-state index is 8.65. The second kappa shape index (κ2) is 18.8. The minimum Gasteiger partial charge on any atom is -0.508 e. The minimum atomic E-state index is 0.0880. The van der Waals surface area contributed by atoms with E-state index in [4.69, 9.17) is 30.6 Å². The minimum absolute atomic E-state index is 0.0880. The van der Waals surface area contributed by atoms with Gasteiger partial charge in [-0.05, 0) is 36.4 Å². The molecule has 0 aliphatic rings. The third kappa shape index (κ3) is 19.2. The van der Waals surface area contributed by atoms with E-state index >= 15 is 0 Å². The lowest BCUT2D eigenvalue weighted by molar-refractivity contribution is 0.449. The molecule has 0 saturated heterocycles. The zero-order valence-corrected chi connectivity index (χ0v) is 18.0. The Morgan fingerprint density at radius 3 is 0.600 bits per heavy atom. The molecule has 0 atom stereocenters.